The molecule has 2 atom stereocenters. The molecular weight excluding hydrogens is 336 g/mol. The Balaban J connectivity index is -0.000000372. The highest BCUT2D eigenvalue weighted by Crippen LogP contribution is 1.95. The molecule has 2 unspecified atom stereocenters. The number of aliphatic carboxylic acids is 2. The molecular formula is C12H30N8O5. The van der Waals surface area contributed by atoms with Crippen molar-refractivity contribution in [1.82, 2.24) is 0 Å². The van der Waals surface area contributed by atoms with Crippen molar-refractivity contribution in [3.05, 3.63) is 0 Å². The lowest BCUT2D eigenvalue weighted by Crippen LogP contribution is -2.30. The van der Waals surface area contributed by atoms with Gasteiger partial charge in [-0.15, -0.1) is 0 Å². The van der Waals surface area contributed by atoms with Gasteiger partial charge in [-0.05, 0) is 25.7 Å². The Bertz CT molecular complexity index is 395. The summed E-state index contributed by atoms with van der Waals surface area (Å²) in [6.45, 7) is 0.840. The number of carboxylic acids is 2. The van der Waals surface area contributed by atoms with Crippen molar-refractivity contribution in [2.24, 2.45) is 44.4 Å². The second-order valence-corrected chi connectivity index (χ2v) is 4.79. The van der Waals surface area contributed by atoms with Gasteiger partial charge in [0.05, 0.1) is 0 Å². The smallest absolute Gasteiger partial charge is 0.320 e. The van der Waals surface area contributed by atoms with Gasteiger partial charge < -0.3 is 50.1 Å². The fourth-order valence-electron chi connectivity index (χ4n) is 1.29. The molecule has 148 valence electrons. The molecule has 0 radical (unpaired) electrons. The van der Waals surface area contributed by atoms with Crippen LogP contribution in [0.25, 0.3) is 0 Å². The van der Waals surface area contributed by atoms with Gasteiger partial charge in [0.1, 0.15) is 12.1 Å². The highest BCUT2D eigenvalue weighted by atomic mass is 16.4. The Morgan fingerprint density at radius 2 is 1.04 bits per heavy atom. The van der Waals surface area contributed by atoms with E-state index in [2.05, 4.69) is 9.98 Å². The topological polar surface area (TPSA) is 287 Å². The average molecular weight is 366 g/mol. The molecule has 0 saturated carbocycles. The third-order valence-electron chi connectivity index (χ3n) is 2.57. The Labute approximate surface area is 145 Å². The molecule has 0 aliphatic heterocycles. The number of aliphatic imine (C=N–C) groups is 2. The molecule has 13 heteroatoms. The number of carboxylic acid groups (broad SMARTS) is 2. The fourth-order valence-corrected chi connectivity index (χ4v) is 1.29. The summed E-state index contributed by atoms with van der Waals surface area (Å²) < 4.78 is 0. The summed E-state index contributed by atoms with van der Waals surface area (Å²) >= 11 is 0. The van der Waals surface area contributed by atoms with E-state index in [0.717, 1.165) is 0 Å². The molecule has 0 fully saturated rings. The van der Waals surface area contributed by atoms with Crippen LogP contribution < -0.4 is 34.4 Å². The van der Waals surface area contributed by atoms with Gasteiger partial charge in [-0.3, -0.25) is 19.6 Å². The normalized spacial score (nSPS) is 11.6. The average Bonchev–Trinajstić information content (AvgIpc) is 2.47. The van der Waals surface area contributed by atoms with E-state index in [1.165, 1.54) is 0 Å². The van der Waals surface area contributed by atoms with Crippen LogP contribution in [0.15, 0.2) is 9.98 Å². The van der Waals surface area contributed by atoms with Crippen LogP contribution in [-0.2, 0) is 9.59 Å². The first kappa shape index (κ1) is 27.2. The number of carbonyl (C=O) groups is 2. The van der Waals surface area contributed by atoms with Crippen LogP contribution in [0.3, 0.4) is 0 Å². The second kappa shape index (κ2) is 16.2. The highest BCUT2D eigenvalue weighted by molar-refractivity contribution is 5.76. The van der Waals surface area contributed by atoms with Crippen LogP contribution in [0.4, 0.5) is 0 Å². The predicted molar refractivity (Wildman–Crippen MR) is 94.7 cm³/mol. The van der Waals surface area contributed by atoms with E-state index in [4.69, 9.17) is 44.6 Å². The maximum Gasteiger partial charge on any atom is 0.320 e. The Hall–Kier alpha value is -2.64. The molecule has 25 heavy (non-hydrogen) atoms. The summed E-state index contributed by atoms with van der Waals surface area (Å²) in [5.74, 6) is -1.97. The summed E-state index contributed by atoms with van der Waals surface area (Å²) in [5.41, 5.74) is 30.6. The third-order valence-corrected chi connectivity index (χ3v) is 2.57. The number of guanidine groups is 2. The lowest BCUT2D eigenvalue weighted by Gasteiger charge is -2.03. The van der Waals surface area contributed by atoms with Crippen LogP contribution in [0.2, 0.25) is 0 Å². The Morgan fingerprint density at radius 3 is 1.24 bits per heavy atom. The molecule has 0 aromatic heterocycles. The molecule has 0 aliphatic carbocycles. The molecule has 0 aromatic carbocycles. The summed E-state index contributed by atoms with van der Waals surface area (Å²) in [6, 6.07) is -1.64. The molecule has 0 aliphatic rings. The van der Waals surface area contributed by atoms with Crippen molar-refractivity contribution in [2.45, 2.75) is 37.8 Å². The van der Waals surface area contributed by atoms with Crippen LogP contribution in [0.5, 0.6) is 0 Å². The lowest BCUT2D eigenvalue weighted by molar-refractivity contribution is -0.139. The minimum atomic E-state index is -1.00. The quantitative estimate of drug-likeness (QED) is 0.105. The molecule has 0 rings (SSSR count). The van der Waals surface area contributed by atoms with Gasteiger partial charge >= 0.3 is 11.9 Å². The van der Waals surface area contributed by atoms with Crippen molar-refractivity contribution in [3.8, 4) is 0 Å². The SMILES string of the molecule is NC(N)=NCCCC(N)C(=O)O.NC(N)=NCCCC(N)C(=O)O.O. The molecule has 0 amide bonds. The molecule has 0 spiro atoms. The minimum absolute atomic E-state index is 0. The first-order valence-electron chi connectivity index (χ1n) is 7.15. The standard InChI is InChI=1S/2C6H14N4O2.H2O/c2*7-4(5(11)12)2-1-3-10-6(8)9;/h2*4H,1-3,7H2,(H,11,12)(H4,8,9,10);1H2. The van der Waals surface area contributed by atoms with Crippen molar-refractivity contribution in [1.29, 1.82) is 0 Å². The molecule has 13 nitrogen and oxygen atoms in total. The van der Waals surface area contributed by atoms with E-state index in [1.54, 1.807) is 0 Å². The fraction of sp³-hybridized carbons (Fsp3) is 0.667. The van der Waals surface area contributed by atoms with Crippen LogP contribution >= 0.6 is 0 Å². The molecule has 0 saturated heterocycles. The third kappa shape index (κ3) is 21.4. The zero-order valence-electron chi connectivity index (χ0n) is 14.0. The monoisotopic (exact) mass is 366 g/mol. The largest absolute Gasteiger partial charge is 0.480 e. The number of hydrogen-bond acceptors (Lipinski definition) is 6. The van der Waals surface area contributed by atoms with Gasteiger partial charge in [0.25, 0.3) is 0 Å². The van der Waals surface area contributed by atoms with E-state index in [1.807, 2.05) is 0 Å². The van der Waals surface area contributed by atoms with Crippen LogP contribution in [0.1, 0.15) is 25.7 Å². The minimum Gasteiger partial charge on any atom is -0.480 e. The first-order chi connectivity index (χ1) is 11.1. The van der Waals surface area contributed by atoms with Gasteiger partial charge in [-0.25, -0.2) is 0 Å². The summed E-state index contributed by atoms with van der Waals surface area (Å²) in [7, 11) is 0. The molecule has 0 heterocycles. The van der Waals surface area contributed by atoms with Crippen LogP contribution in [-0.4, -0.2) is 64.7 Å². The van der Waals surface area contributed by atoms with E-state index in [0.29, 0.717) is 38.8 Å². The van der Waals surface area contributed by atoms with E-state index >= 15 is 0 Å². The van der Waals surface area contributed by atoms with Gasteiger partial charge in [0, 0.05) is 13.1 Å². The number of nitrogens with two attached hydrogens (primary N) is 6. The van der Waals surface area contributed by atoms with Crippen molar-refractivity contribution in [3.63, 3.8) is 0 Å². The first-order valence-corrected chi connectivity index (χ1v) is 7.15. The van der Waals surface area contributed by atoms with Gasteiger partial charge in [0.15, 0.2) is 11.9 Å². The van der Waals surface area contributed by atoms with E-state index in [-0.39, 0.29) is 17.4 Å². The Morgan fingerprint density at radius 1 is 0.760 bits per heavy atom. The van der Waals surface area contributed by atoms with Crippen molar-refractivity contribution in [2.75, 3.05) is 13.1 Å². The molecule has 0 bridgehead atoms. The van der Waals surface area contributed by atoms with Crippen molar-refractivity contribution < 1.29 is 25.3 Å². The number of nitrogens with zero attached hydrogens (tertiary/aromatic N) is 2. The van der Waals surface area contributed by atoms with Gasteiger partial charge in [-0.1, -0.05) is 0 Å². The van der Waals surface area contributed by atoms with Gasteiger partial charge in [-0.2, -0.15) is 0 Å². The number of hydrogen-bond donors (Lipinski definition) is 8. The second-order valence-electron chi connectivity index (χ2n) is 4.79. The maximum absolute atomic E-state index is 10.2. The summed E-state index contributed by atoms with van der Waals surface area (Å²) in [6.07, 6.45) is 1.91. The van der Waals surface area contributed by atoms with E-state index in [9.17, 15) is 9.59 Å². The summed E-state index contributed by atoms with van der Waals surface area (Å²) in [5, 5.41) is 16.8. The number of rotatable bonds is 10. The molecule has 0 aromatic rings. The maximum atomic E-state index is 10.2. The lowest BCUT2D eigenvalue weighted by atomic mass is 10.2. The van der Waals surface area contributed by atoms with Crippen molar-refractivity contribution >= 4 is 23.9 Å². The summed E-state index contributed by atoms with van der Waals surface area (Å²) in [4.78, 5) is 27.8. The Kier molecular flexibility index (Phi) is 17.7. The van der Waals surface area contributed by atoms with Gasteiger partial charge in [0.2, 0.25) is 0 Å². The van der Waals surface area contributed by atoms with Crippen LogP contribution in [0, 0.1) is 0 Å². The van der Waals surface area contributed by atoms with E-state index < -0.39 is 24.0 Å². The molecule has 16 N–H and O–H groups in total. The zero-order valence-corrected chi connectivity index (χ0v) is 14.0. The zero-order chi connectivity index (χ0) is 19.1. The highest BCUT2D eigenvalue weighted by Gasteiger charge is 2.10. The predicted octanol–water partition coefficient (Wildman–Crippen LogP) is -3.92.